The highest BCUT2D eigenvalue weighted by molar-refractivity contribution is 7.13. The molecule has 0 radical (unpaired) electrons. The number of nitrogens with zero attached hydrogens (tertiary/aromatic N) is 2. The second-order valence-electron chi connectivity index (χ2n) is 5.00. The van der Waals surface area contributed by atoms with E-state index in [2.05, 4.69) is 16.4 Å². The van der Waals surface area contributed by atoms with Gasteiger partial charge >= 0.3 is 0 Å². The Labute approximate surface area is 127 Å². The molecular formula is C15H17N3O2S. The highest BCUT2D eigenvalue weighted by Crippen LogP contribution is 2.29. The molecular weight excluding hydrogens is 286 g/mol. The van der Waals surface area contributed by atoms with Crippen LogP contribution >= 0.6 is 11.3 Å². The van der Waals surface area contributed by atoms with Gasteiger partial charge in [-0.15, -0.1) is 11.3 Å². The van der Waals surface area contributed by atoms with Crippen LogP contribution < -0.4 is 5.32 Å². The second-order valence-corrected chi connectivity index (χ2v) is 5.90. The summed E-state index contributed by atoms with van der Waals surface area (Å²) < 4.78 is 0. The van der Waals surface area contributed by atoms with Crippen molar-refractivity contribution in [1.29, 1.82) is 0 Å². The van der Waals surface area contributed by atoms with Gasteiger partial charge in [-0.3, -0.25) is 9.69 Å². The first-order valence-corrected chi connectivity index (χ1v) is 7.78. The number of thiazole rings is 1. The minimum absolute atomic E-state index is 0.0154. The Morgan fingerprint density at radius 3 is 3.10 bits per heavy atom. The molecule has 0 bridgehead atoms. The summed E-state index contributed by atoms with van der Waals surface area (Å²) >= 11 is 1.40. The average molecular weight is 303 g/mol. The second kappa shape index (κ2) is 6.34. The lowest BCUT2D eigenvalue weighted by atomic mass is 9.93. The highest BCUT2D eigenvalue weighted by Gasteiger charge is 2.27. The maximum absolute atomic E-state index is 12.1. The standard InChI is InChI=1S/C15H17N3O2S/c19-10-13-12-4-2-1-3-11(12)5-7-18(13)9-14(20)17-15-16-6-8-21-15/h1-4,6,8,13,19H,5,7,9-10H2,(H,16,17,20). The lowest BCUT2D eigenvalue weighted by molar-refractivity contribution is -0.118. The summed E-state index contributed by atoms with van der Waals surface area (Å²) in [6.45, 7) is 1.05. The fourth-order valence-corrected chi connectivity index (χ4v) is 3.28. The first-order valence-electron chi connectivity index (χ1n) is 6.90. The number of fused-ring (bicyclic) bond motifs is 1. The third-order valence-electron chi connectivity index (χ3n) is 3.72. The summed E-state index contributed by atoms with van der Waals surface area (Å²) in [5, 5.41) is 14.9. The van der Waals surface area contributed by atoms with Crippen LogP contribution in [0.3, 0.4) is 0 Å². The van der Waals surface area contributed by atoms with Crippen LogP contribution in [0.25, 0.3) is 0 Å². The fourth-order valence-electron chi connectivity index (χ4n) is 2.74. The molecule has 1 aromatic carbocycles. The van der Waals surface area contributed by atoms with E-state index in [0.29, 0.717) is 5.13 Å². The molecule has 0 saturated carbocycles. The predicted molar refractivity (Wildman–Crippen MR) is 82.3 cm³/mol. The molecule has 0 spiro atoms. The lowest BCUT2D eigenvalue weighted by Gasteiger charge is -2.35. The van der Waals surface area contributed by atoms with Crippen molar-refractivity contribution in [3.8, 4) is 0 Å². The maximum atomic E-state index is 12.1. The quantitative estimate of drug-likeness (QED) is 0.902. The molecule has 1 aliphatic heterocycles. The molecule has 1 aromatic heterocycles. The molecule has 2 N–H and O–H groups in total. The molecule has 110 valence electrons. The van der Waals surface area contributed by atoms with Crippen LogP contribution in [0, 0.1) is 0 Å². The van der Waals surface area contributed by atoms with E-state index in [-0.39, 0.29) is 25.1 Å². The van der Waals surface area contributed by atoms with Crippen molar-refractivity contribution >= 4 is 22.4 Å². The number of carbonyl (C=O) groups excluding carboxylic acids is 1. The molecule has 5 nitrogen and oxygen atoms in total. The normalized spacial score (nSPS) is 18.2. The van der Waals surface area contributed by atoms with Crippen LogP contribution in [-0.4, -0.2) is 40.6 Å². The van der Waals surface area contributed by atoms with E-state index in [1.54, 1.807) is 6.20 Å². The first-order chi connectivity index (χ1) is 10.3. The Morgan fingerprint density at radius 2 is 2.33 bits per heavy atom. The van der Waals surface area contributed by atoms with Gasteiger partial charge in [-0.25, -0.2) is 4.98 Å². The zero-order valence-corrected chi connectivity index (χ0v) is 12.3. The molecule has 6 heteroatoms. The Morgan fingerprint density at radius 1 is 1.48 bits per heavy atom. The van der Waals surface area contributed by atoms with E-state index in [1.165, 1.54) is 16.9 Å². The zero-order chi connectivity index (χ0) is 14.7. The van der Waals surface area contributed by atoms with Crippen LogP contribution in [0.4, 0.5) is 5.13 Å². The Hall–Kier alpha value is -1.76. The van der Waals surface area contributed by atoms with Crippen molar-refractivity contribution in [3.05, 3.63) is 47.0 Å². The SMILES string of the molecule is O=C(CN1CCc2ccccc2C1CO)Nc1nccs1. The number of carbonyl (C=O) groups is 1. The minimum Gasteiger partial charge on any atom is -0.394 e. The summed E-state index contributed by atoms with van der Waals surface area (Å²) in [5.41, 5.74) is 2.38. The van der Waals surface area contributed by atoms with E-state index in [9.17, 15) is 9.90 Å². The smallest absolute Gasteiger partial charge is 0.240 e. The molecule has 1 amide bonds. The lowest BCUT2D eigenvalue weighted by Crippen LogP contribution is -2.42. The number of amides is 1. The number of hydrogen-bond donors (Lipinski definition) is 2. The summed E-state index contributed by atoms with van der Waals surface area (Å²) in [6, 6.07) is 7.99. The summed E-state index contributed by atoms with van der Waals surface area (Å²) in [4.78, 5) is 18.1. The third kappa shape index (κ3) is 3.12. The van der Waals surface area contributed by atoms with Crippen LogP contribution in [-0.2, 0) is 11.2 Å². The van der Waals surface area contributed by atoms with Gasteiger partial charge < -0.3 is 10.4 Å². The highest BCUT2D eigenvalue weighted by atomic mass is 32.1. The predicted octanol–water partition coefficient (Wildman–Crippen LogP) is 1.67. The summed E-state index contributed by atoms with van der Waals surface area (Å²) in [5.74, 6) is -0.0946. The molecule has 0 saturated heterocycles. The van der Waals surface area contributed by atoms with E-state index in [1.807, 2.05) is 28.5 Å². The van der Waals surface area contributed by atoms with Crippen molar-refractivity contribution in [2.45, 2.75) is 12.5 Å². The number of nitrogens with one attached hydrogen (secondary N) is 1. The number of hydrogen-bond acceptors (Lipinski definition) is 5. The molecule has 1 unspecified atom stereocenters. The van der Waals surface area contributed by atoms with Crippen LogP contribution in [0.15, 0.2) is 35.8 Å². The van der Waals surface area contributed by atoms with E-state index in [4.69, 9.17) is 0 Å². The van der Waals surface area contributed by atoms with Crippen molar-refractivity contribution in [1.82, 2.24) is 9.88 Å². The van der Waals surface area contributed by atoms with Crippen molar-refractivity contribution < 1.29 is 9.90 Å². The Balaban J connectivity index is 1.70. The van der Waals surface area contributed by atoms with Crippen LogP contribution in [0.1, 0.15) is 17.2 Å². The molecule has 0 aliphatic carbocycles. The molecule has 1 aliphatic rings. The number of anilines is 1. The molecule has 1 atom stereocenters. The summed E-state index contributed by atoms with van der Waals surface area (Å²) in [6.07, 6.45) is 2.56. The Bertz CT molecular complexity index is 615. The average Bonchev–Trinajstić information content (AvgIpc) is 2.99. The van der Waals surface area contributed by atoms with Gasteiger partial charge in [0, 0.05) is 18.1 Å². The van der Waals surface area contributed by atoms with Crippen LogP contribution in [0.2, 0.25) is 0 Å². The van der Waals surface area contributed by atoms with Crippen molar-refractivity contribution in [3.63, 3.8) is 0 Å². The molecule has 0 fully saturated rings. The number of benzene rings is 1. The van der Waals surface area contributed by atoms with Gasteiger partial charge in [-0.05, 0) is 17.5 Å². The number of aliphatic hydroxyl groups excluding tert-OH is 1. The van der Waals surface area contributed by atoms with Gasteiger partial charge in [0.15, 0.2) is 5.13 Å². The van der Waals surface area contributed by atoms with Gasteiger partial charge in [0.25, 0.3) is 0 Å². The van der Waals surface area contributed by atoms with E-state index in [0.717, 1.165) is 18.5 Å². The number of aromatic nitrogens is 1. The number of aliphatic hydroxyl groups is 1. The fraction of sp³-hybridized carbons (Fsp3) is 0.333. The van der Waals surface area contributed by atoms with Gasteiger partial charge in [0.1, 0.15) is 0 Å². The van der Waals surface area contributed by atoms with E-state index < -0.39 is 0 Å². The monoisotopic (exact) mass is 303 g/mol. The van der Waals surface area contributed by atoms with Gasteiger partial charge in [-0.1, -0.05) is 24.3 Å². The van der Waals surface area contributed by atoms with Crippen LogP contribution in [0.5, 0.6) is 0 Å². The zero-order valence-electron chi connectivity index (χ0n) is 11.5. The molecule has 3 rings (SSSR count). The van der Waals surface area contributed by atoms with E-state index >= 15 is 0 Å². The summed E-state index contributed by atoms with van der Waals surface area (Å²) in [7, 11) is 0. The molecule has 2 heterocycles. The molecule has 21 heavy (non-hydrogen) atoms. The van der Waals surface area contributed by atoms with Crippen molar-refractivity contribution in [2.24, 2.45) is 0 Å². The Kier molecular flexibility index (Phi) is 4.28. The van der Waals surface area contributed by atoms with Gasteiger partial charge in [0.05, 0.1) is 19.2 Å². The van der Waals surface area contributed by atoms with Gasteiger partial charge in [0.2, 0.25) is 5.91 Å². The first kappa shape index (κ1) is 14.2. The van der Waals surface area contributed by atoms with Crippen molar-refractivity contribution in [2.75, 3.05) is 25.0 Å². The number of rotatable bonds is 4. The molecule has 2 aromatic rings. The third-order valence-corrected chi connectivity index (χ3v) is 4.41. The van der Waals surface area contributed by atoms with Gasteiger partial charge in [-0.2, -0.15) is 0 Å². The maximum Gasteiger partial charge on any atom is 0.240 e. The largest absolute Gasteiger partial charge is 0.394 e. The topological polar surface area (TPSA) is 65.5 Å². The minimum atomic E-state index is -0.114.